The third-order valence-corrected chi connectivity index (χ3v) is 4.51. The van der Waals surface area contributed by atoms with Gasteiger partial charge in [0.05, 0.1) is 10.0 Å². The first-order valence-electron chi connectivity index (χ1n) is 7.04. The molecule has 0 aromatic heterocycles. The van der Waals surface area contributed by atoms with E-state index in [-0.39, 0.29) is 5.75 Å². The van der Waals surface area contributed by atoms with Crippen LogP contribution in [0, 0.1) is 5.92 Å². The summed E-state index contributed by atoms with van der Waals surface area (Å²) in [6.07, 6.45) is 7.62. The van der Waals surface area contributed by atoms with Crippen molar-refractivity contribution in [2.45, 2.75) is 51.5 Å². The highest BCUT2D eigenvalue weighted by atomic mass is 35.5. The van der Waals surface area contributed by atoms with Gasteiger partial charge in [-0.1, -0.05) is 43.0 Å². The van der Waals surface area contributed by atoms with E-state index in [4.69, 9.17) is 23.2 Å². The van der Waals surface area contributed by atoms with Gasteiger partial charge in [-0.2, -0.15) is 0 Å². The van der Waals surface area contributed by atoms with E-state index in [1.165, 1.54) is 38.5 Å². The molecule has 0 radical (unpaired) electrons. The quantitative estimate of drug-likeness (QED) is 0.723. The summed E-state index contributed by atoms with van der Waals surface area (Å²) in [5.74, 6) is 0.857. The molecule has 0 aliphatic heterocycles. The average Bonchev–Trinajstić information content (AvgIpc) is 2.38. The van der Waals surface area contributed by atoms with Crippen molar-refractivity contribution in [2.24, 2.45) is 5.92 Å². The van der Waals surface area contributed by atoms with E-state index < -0.39 is 0 Å². The van der Waals surface area contributed by atoms with E-state index in [1.807, 2.05) is 0 Å². The Morgan fingerprint density at radius 1 is 1.16 bits per heavy atom. The summed E-state index contributed by atoms with van der Waals surface area (Å²) in [7, 11) is 0. The molecule has 4 heteroatoms. The molecule has 0 amide bonds. The van der Waals surface area contributed by atoms with Gasteiger partial charge in [-0.05, 0) is 43.7 Å². The van der Waals surface area contributed by atoms with Gasteiger partial charge in [0, 0.05) is 11.7 Å². The van der Waals surface area contributed by atoms with E-state index in [9.17, 15) is 5.11 Å². The Labute approximate surface area is 125 Å². The molecule has 0 spiro atoms. The number of anilines is 1. The maximum Gasteiger partial charge on any atom is 0.152 e. The zero-order valence-electron chi connectivity index (χ0n) is 11.3. The number of halogens is 2. The Morgan fingerprint density at radius 3 is 2.26 bits per heavy atom. The molecule has 1 aromatic rings. The second-order valence-corrected chi connectivity index (χ2v) is 6.25. The minimum atomic E-state index is -0.0412. The Hall–Kier alpha value is -0.600. The summed E-state index contributed by atoms with van der Waals surface area (Å²) < 4.78 is 0. The topological polar surface area (TPSA) is 32.3 Å². The molecule has 106 valence electrons. The average molecular weight is 302 g/mol. The van der Waals surface area contributed by atoms with Gasteiger partial charge in [-0.25, -0.2) is 0 Å². The number of hydrogen-bond donors (Lipinski definition) is 2. The van der Waals surface area contributed by atoms with E-state index in [1.54, 1.807) is 12.1 Å². The number of aromatic hydroxyl groups is 1. The molecule has 0 bridgehead atoms. The van der Waals surface area contributed by atoms with Crippen molar-refractivity contribution in [1.29, 1.82) is 0 Å². The molecule has 1 aliphatic rings. The van der Waals surface area contributed by atoms with Crippen LogP contribution in [0.15, 0.2) is 12.1 Å². The molecule has 0 heterocycles. The van der Waals surface area contributed by atoms with Gasteiger partial charge < -0.3 is 10.4 Å². The normalized spacial score (nSPS) is 23.3. The lowest BCUT2D eigenvalue weighted by atomic mass is 9.83. The molecule has 2 rings (SSSR count). The van der Waals surface area contributed by atoms with Crippen LogP contribution in [0.3, 0.4) is 0 Å². The molecular weight excluding hydrogens is 281 g/mol. The van der Waals surface area contributed by atoms with E-state index in [0.29, 0.717) is 16.1 Å². The molecule has 1 aliphatic carbocycles. The number of nitrogens with one attached hydrogen (secondary N) is 1. The molecule has 1 aromatic carbocycles. The largest absolute Gasteiger partial charge is 0.505 e. The zero-order valence-corrected chi connectivity index (χ0v) is 12.8. The minimum absolute atomic E-state index is 0.0412. The van der Waals surface area contributed by atoms with Gasteiger partial charge in [-0.15, -0.1) is 0 Å². The molecule has 1 fully saturated rings. The molecule has 0 unspecified atom stereocenters. The molecule has 19 heavy (non-hydrogen) atoms. The van der Waals surface area contributed by atoms with Crippen LogP contribution in [0.25, 0.3) is 0 Å². The third-order valence-electron chi connectivity index (χ3n) is 3.93. The van der Waals surface area contributed by atoms with Crippen LogP contribution < -0.4 is 5.32 Å². The summed E-state index contributed by atoms with van der Waals surface area (Å²) >= 11 is 11.9. The van der Waals surface area contributed by atoms with Crippen LogP contribution in [0.2, 0.25) is 10.0 Å². The lowest BCUT2D eigenvalue weighted by Gasteiger charge is -2.29. The van der Waals surface area contributed by atoms with E-state index >= 15 is 0 Å². The van der Waals surface area contributed by atoms with E-state index in [2.05, 4.69) is 12.2 Å². The maximum atomic E-state index is 9.54. The van der Waals surface area contributed by atoms with Gasteiger partial charge in [0.25, 0.3) is 0 Å². The highest BCUT2D eigenvalue weighted by Gasteiger charge is 2.20. The molecule has 0 atom stereocenters. The van der Waals surface area contributed by atoms with E-state index in [0.717, 1.165) is 11.6 Å². The lowest BCUT2D eigenvalue weighted by molar-refractivity contribution is 0.319. The van der Waals surface area contributed by atoms with Crippen LogP contribution in [0.5, 0.6) is 5.75 Å². The number of phenols is 1. The first kappa shape index (κ1) is 14.8. The number of benzene rings is 1. The van der Waals surface area contributed by atoms with Crippen LogP contribution in [0.4, 0.5) is 5.69 Å². The maximum absolute atomic E-state index is 9.54. The second-order valence-electron chi connectivity index (χ2n) is 5.44. The van der Waals surface area contributed by atoms with Crippen LogP contribution >= 0.6 is 23.2 Å². The van der Waals surface area contributed by atoms with Crippen molar-refractivity contribution in [3.8, 4) is 5.75 Å². The number of rotatable bonds is 4. The minimum Gasteiger partial charge on any atom is -0.505 e. The van der Waals surface area contributed by atoms with Crippen molar-refractivity contribution in [3.05, 3.63) is 22.2 Å². The summed E-state index contributed by atoms with van der Waals surface area (Å²) in [4.78, 5) is 0. The third kappa shape index (κ3) is 3.93. The predicted octanol–water partition coefficient (Wildman–Crippen LogP) is 5.47. The number of hydrogen-bond acceptors (Lipinski definition) is 2. The highest BCUT2D eigenvalue weighted by molar-refractivity contribution is 6.37. The highest BCUT2D eigenvalue weighted by Crippen LogP contribution is 2.36. The Balaban J connectivity index is 1.92. The van der Waals surface area contributed by atoms with Crippen molar-refractivity contribution in [2.75, 3.05) is 5.32 Å². The molecule has 2 nitrogen and oxygen atoms in total. The Morgan fingerprint density at radius 2 is 1.74 bits per heavy atom. The smallest absolute Gasteiger partial charge is 0.152 e. The first-order chi connectivity index (χ1) is 9.10. The molecule has 1 saturated carbocycles. The van der Waals surface area contributed by atoms with Gasteiger partial charge >= 0.3 is 0 Å². The fraction of sp³-hybridized carbons (Fsp3) is 0.600. The van der Waals surface area contributed by atoms with Crippen molar-refractivity contribution in [3.63, 3.8) is 0 Å². The fourth-order valence-electron chi connectivity index (χ4n) is 2.89. The SMILES string of the molecule is CCCC1CCC(Nc2cc(Cl)c(O)c(Cl)c2)CC1. The first-order valence-corrected chi connectivity index (χ1v) is 7.80. The predicted molar refractivity (Wildman–Crippen MR) is 82.4 cm³/mol. The standard InChI is InChI=1S/C15H21Cl2NO/c1-2-3-10-4-6-11(7-5-10)18-12-8-13(16)15(19)14(17)9-12/h8-11,18-19H,2-7H2,1H3. The molecule has 2 N–H and O–H groups in total. The van der Waals surface area contributed by atoms with Crippen molar-refractivity contribution < 1.29 is 5.11 Å². The van der Waals surface area contributed by atoms with Crippen molar-refractivity contribution >= 4 is 28.9 Å². The van der Waals surface area contributed by atoms with Gasteiger partial charge in [0.1, 0.15) is 0 Å². The Bertz CT molecular complexity index is 405. The van der Waals surface area contributed by atoms with Gasteiger partial charge in [0.15, 0.2) is 5.75 Å². The van der Waals surface area contributed by atoms with Crippen molar-refractivity contribution in [1.82, 2.24) is 0 Å². The summed E-state index contributed by atoms with van der Waals surface area (Å²) in [6, 6.07) is 3.96. The fourth-order valence-corrected chi connectivity index (χ4v) is 3.38. The zero-order chi connectivity index (χ0) is 13.8. The summed E-state index contributed by atoms with van der Waals surface area (Å²) in [5.41, 5.74) is 0.895. The Kier molecular flexibility index (Phi) is 5.23. The number of phenolic OH excluding ortho intramolecular Hbond substituents is 1. The monoisotopic (exact) mass is 301 g/mol. The van der Waals surface area contributed by atoms with Crippen LogP contribution in [-0.2, 0) is 0 Å². The molecule has 0 saturated heterocycles. The summed E-state index contributed by atoms with van der Waals surface area (Å²) in [5, 5.41) is 13.6. The second kappa shape index (κ2) is 6.71. The summed E-state index contributed by atoms with van der Waals surface area (Å²) in [6.45, 7) is 2.25. The van der Waals surface area contributed by atoms with Gasteiger partial charge in [-0.3, -0.25) is 0 Å². The van der Waals surface area contributed by atoms with Crippen LogP contribution in [0.1, 0.15) is 45.4 Å². The molecular formula is C15H21Cl2NO. The lowest BCUT2D eigenvalue weighted by Crippen LogP contribution is -2.26. The van der Waals surface area contributed by atoms with Crippen LogP contribution in [-0.4, -0.2) is 11.1 Å². The van der Waals surface area contributed by atoms with Gasteiger partial charge in [0.2, 0.25) is 0 Å².